The topological polar surface area (TPSA) is 72.5 Å². The van der Waals surface area contributed by atoms with E-state index in [1.807, 2.05) is 24.3 Å². The molecule has 252 valence electrons. The number of ether oxygens (including phenoxy) is 1. The number of amides is 1. The van der Waals surface area contributed by atoms with Gasteiger partial charge in [-0.3, -0.25) is 14.4 Å². The van der Waals surface area contributed by atoms with Crippen LogP contribution in [-0.2, 0) is 19.1 Å². The van der Waals surface area contributed by atoms with Gasteiger partial charge in [-0.25, -0.2) is 0 Å². The van der Waals surface area contributed by atoms with Crippen molar-refractivity contribution in [1.82, 2.24) is 0 Å². The molecule has 0 heterocycles. The monoisotopic (exact) mass is 637 g/mol. The van der Waals surface area contributed by atoms with Crippen LogP contribution in [0.2, 0.25) is 0 Å². The minimum absolute atomic E-state index is 0.0611. The molecule has 0 saturated heterocycles. The summed E-state index contributed by atoms with van der Waals surface area (Å²) in [5, 5.41) is 5.53. The Morgan fingerprint density at radius 1 is 0.830 bits per heavy atom. The van der Waals surface area contributed by atoms with E-state index >= 15 is 0 Å². The van der Waals surface area contributed by atoms with Crippen molar-refractivity contribution in [3.63, 3.8) is 0 Å². The summed E-state index contributed by atoms with van der Waals surface area (Å²) in [7, 11) is 0. The van der Waals surface area contributed by atoms with E-state index in [1.54, 1.807) is 0 Å². The first-order valence-electron chi connectivity index (χ1n) is 18.2. The summed E-state index contributed by atoms with van der Waals surface area (Å²) in [5.41, 5.74) is 1.13. The van der Waals surface area contributed by atoms with Crippen molar-refractivity contribution in [2.24, 2.45) is 50.2 Å². The zero-order chi connectivity index (χ0) is 33.8. The summed E-state index contributed by atoms with van der Waals surface area (Å²) in [6, 6.07) is 14.3. The van der Waals surface area contributed by atoms with Gasteiger partial charge in [0.25, 0.3) is 0 Å². The van der Waals surface area contributed by atoms with Gasteiger partial charge < -0.3 is 10.1 Å². The van der Waals surface area contributed by atoms with E-state index in [0.717, 1.165) is 74.2 Å². The number of rotatable bonds is 3. The first-order valence-corrected chi connectivity index (χ1v) is 18.2. The molecular formula is C42H55NO4. The Labute approximate surface area is 281 Å². The minimum Gasteiger partial charge on any atom is -0.462 e. The third kappa shape index (κ3) is 4.57. The first kappa shape index (κ1) is 32.6. The highest BCUT2D eigenvalue weighted by molar-refractivity contribution is 6.04. The number of ketones is 1. The number of hydrogen-bond acceptors (Lipinski definition) is 4. The molecule has 0 bridgehead atoms. The quantitative estimate of drug-likeness (QED) is 0.340. The van der Waals surface area contributed by atoms with E-state index < -0.39 is 5.41 Å². The van der Waals surface area contributed by atoms with Gasteiger partial charge in [0.05, 0.1) is 0 Å². The zero-order valence-corrected chi connectivity index (χ0v) is 29.9. The lowest BCUT2D eigenvalue weighted by Gasteiger charge is -2.70. The molecule has 7 rings (SSSR count). The molecule has 2 aromatic carbocycles. The predicted octanol–water partition coefficient (Wildman–Crippen LogP) is 9.69. The maximum atomic E-state index is 14.8. The number of allylic oxidation sites excluding steroid dienone is 2. The molecule has 1 amide bonds. The molecule has 5 aliphatic rings. The molecule has 47 heavy (non-hydrogen) atoms. The molecule has 0 unspecified atom stereocenters. The van der Waals surface area contributed by atoms with Gasteiger partial charge in [-0.2, -0.15) is 0 Å². The average Bonchev–Trinajstić information content (AvgIpc) is 3.00. The summed E-state index contributed by atoms with van der Waals surface area (Å²) in [5.74, 6) is 0.617. The van der Waals surface area contributed by atoms with E-state index in [9.17, 15) is 14.4 Å². The maximum absolute atomic E-state index is 14.8. The highest BCUT2D eigenvalue weighted by Gasteiger charge is 2.70. The summed E-state index contributed by atoms with van der Waals surface area (Å²) in [6.45, 7) is 17.9. The molecule has 0 spiro atoms. The zero-order valence-electron chi connectivity index (χ0n) is 29.9. The Hall–Kier alpha value is -2.95. The van der Waals surface area contributed by atoms with Crippen LogP contribution < -0.4 is 5.32 Å². The molecule has 4 saturated carbocycles. The lowest BCUT2D eigenvalue weighted by Crippen LogP contribution is -2.66. The minimum atomic E-state index is -0.524. The highest BCUT2D eigenvalue weighted by Crippen LogP contribution is 2.75. The Balaban J connectivity index is 1.22. The van der Waals surface area contributed by atoms with Crippen molar-refractivity contribution in [2.75, 3.05) is 5.32 Å². The summed E-state index contributed by atoms with van der Waals surface area (Å²) < 4.78 is 5.89. The number of benzene rings is 2. The van der Waals surface area contributed by atoms with Crippen molar-refractivity contribution in [1.29, 1.82) is 0 Å². The van der Waals surface area contributed by atoms with Gasteiger partial charge in [-0.05, 0) is 109 Å². The van der Waals surface area contributed by atoms with Gasteiger partial charge in [0, 0.05) is 34.7 Å². The van der Waals surface area contributed by atoms with Crippen molar-refractivity contribution in [3.05, 3.63) is 54.1 Å². The van der Waals surface area contributed by atoms with Crippen LogP contribution >= 0.6 is 0 Å². The number of fused-ring (bicyclic) bond motifs is 8. The van der Waals surface area contributed by atoms with E-state index in [2.05, 4.69) is 78.1 Å². The van der Waals surface area contributed by atoms with E-state index in [-0.39, 0.29) is 56.9 Å². The normalized spacial score (nSPS) is 42.2. The Morgan fingerprint density at radius 2 is 1.53 bits per heavy atom. The van der Waals surface area contributed by atoms with Crippen LogP contribution in [0.4, 0.5) is 5.69 Å². The molecule has 9 atom stereocenters. The third-order valence-corrected chi connectivity index (χ3v) is 15.4. The molecule has 5 nitrogen and oxygen atoms in total. The van der Waals surface area contributed by atoms with Gasteiger partial charge in [-0.1, -0.05) is 90.4 Å². The van der Waals surface area contributed by atoms with Crippen molar-refractivity contribution >= 4 is 34.1 Å². The van der Waals surface area contributed by atoms with E-state index in [1.165, 1.54) is 12.5 Å². The molecule has 1 N–H and O–H groups in total. The molecule has 5 heteroatoms. The smallest absolute Gasteiger partial charge is 0.302 e. The van der Waals surface area contributed by atoms with Crippen LogP contribution in [0.5, 0.6) is 0 Å². The number of carbonyl (C=O) groups excluding carboxylic acids is 3. The Morgan fingerprint density at radius 3 is 2.28 bits per heavy atom. The van der Waals surface area contributed by atoms with E-state index in [4.69, 9.17) is 4.74 Å². The van der Waals surface area contributed by atoms with Gasteiger partial charge in [0.2, 0.25) is 5.91 Å². The molecule has 2 aromatic rings. The molecule has 0 aromatic heterocycles. The van der Waals surface area contributed by atoms with Gasteiger partial charge in [0.1, 0.15) is 6.10 Å². The van der Waals surface area contributed by atoms with Crippen molar-refractivity contribution < 1.29 is 19.1 Å². The van der Waals surface area contributed by atoms with Crippen LogP contribution in [0.15, 0.2) is 54.1 Å². The van der Waals surface area contributed by atoms with Crippen LogP contribution in [0.1, 0.15) is 113 Å². The fourth-order valence-electron chi connectivity index (χ4n) is 12.4. The van der Waals surface area contributed by atoms with Crippen LogP contribution in [-0.4, -0.2) is 23.8 Å². The number of anilines is 1. The van der Waals surface area contributed by atoms with Crippen molar-refractivity contribution in [3.8, 4) is 0 Å². The second-order valence-corrected chi connectivity index (χ2v) is 18.2. The van der Waals surface area contributed by atoms with Gasteiger partial charge in [0.15, 0.2) is 5.78 Å². The summed E-state index contributed by atoms with van der Waals surface area (Å²) >= 11 is 0. The first-order chi connectivity index (χ1) is 22.0. The molecule has 5 aliphatic carbocycles. The SMILES string of the molecule is CC(=O)O[C@H]1CC[C@@]2(C)[C@H](CC[C@]3(C)[C@@H]2C(=O)C=C2[C@H]4C[C@@](C)(C(=O)Nc5cccc6ccccc56)CC[C@]4(C)CC[C@@]23C)C1(C)C. The standard InChI is InChI=1S/C42H55NO4/c1-26(44)47-34-17-18-40(6)33(37(34,2)3)16-19-42(8)35(40)32(45)24-29-30-25-39(5,21-20-38(30,4)22-23-41(29,42)7)36(46)43-31-15-11-13-27-12-9-10-14-28(27)31/h9-15,24,30,33-35H,16-23,25H2,1-8H3,(H,43,46)/t30-,33-,34+,35-,38-,39+,40+,41+,42-/m1/s1. The Bertz CT molecular complexity index is 1680. The van der Waals surface area contributed by atoms with E-state index in [0.29, 0.717) is 11.7 Å². The second kappa shape index (κ2) is 10.5. The lowest BCUT2D eigenvalue weighted by molar-refractivity contribution is -0.210. The van der Waals surface area contributed by atoms with Crippen LogP contribution in [0, 0.1) is 50.2 Å². The predicted molar refractivity (Wildman–Crippen MR) is 188 cm³/mol. The number of nitrogens with one attached hydrogen (secondary N) is 1. The molecule has 4 fully saturated rings. The molecular weight excluding hydrogens is 582 g/mol. The van der Waals surface area contributed by atoms with Crippen molar-refractivity contribution in [2.45, 2.75) is 119 Å². The highest BCUT2D eigenvalue weighted by atomic mass is 16.5. The maximum Gasteiger partial charge on any atom is 0.302 e. The second-order valence-electron chi connectivity index (χ2n) is 18.2. The number of hydrogen-bond donors (Lipinski definition) is 1. The molecule has 0 radical (unpaired) electrons. The Kier molecular flexibility index (Phi) is 7.30. The number of carbonyl (C=O) groups is 3. The molecule has 0 aliphatic heterocycles. The number of esters is 1. The van der Waals surface area contributed by atoms with Crippen LogP contribution in [0.25, 0.3) is 10.8 Å². The van der Waals surface area contributed by atoms with Gasteiger partial charge >= 0.3 is 5.97 Å². The van der Waals surface area contributed by atoms with Crippen LogP contribution in [0.3, 0.4) is 0 Å². The summed E-state index contributed by atoms with van der Waals surface area (Å²) in [6.07, 6.45) is 10.6. The van der Waals surface area contributed by atoms with Gasteiger partial charge in [-0.15, -0.1) is 0 Å². The fourth-order valence-corrected chi connectivity index (χ4v) is 12.4. The lowest BCUT2D eigenvalue weighted by atomic mass is 9.33. The average molecular weight is 638 g/mol. The summed E-state index contributed by atoms with van der Waals surface area (Å²) in [4.78, 5) is 41.0. The third-order valence-electron chi connectivity index (χ3n) is 15.4. The fraction of sp³-hybridized carbons (Fsp3) is 0.643. The largest absolute Gasteiger partial charge is 0.462 e.